The first kappa shape index (κ1) is 13.8. The standard InChI is InChI=1S/C12H21NO4S/c14-11(15)12(5-9-18(16,17)10-6-12)13-7-3-1-2-4-8-13/h1-10H2,(H,14,15). The Balaban J connectivity index is 2.19. The molecule has 0 saturated carbocycles. The monoisotopic (exact) mass is 275 g/mol. The maximum Gasteiger partial charge on any atom is 0.324 e. The Morgan fingerprint density at radius 1 is 1.00 bits per heavy atom. The molecular weight excluding hydrogens is 254 g/mol. The lowest BCUT2D eigenvalue weighted by Crippen LogP contribution is -2.58. The van der Waals surface area contributed by atoms with E-state index in [1.807, 2.05) is 4.90 Å². The van der Waals surface area contributed by atoms with E-state index in [0.29, 0.717) is 0 Å². The van der Waals surface area contributed by atoms with Crippen molar-refractivity contribution in [3.8, 4) is 0 Å². The lowest BCUT2D eigenvalue weighted by molar-refractivity contribution is -0.152. The predicted octanol–water partition coefficient (Wildman–Crippen LogP) is 0.894. The lowest BCUT2D eigenvalue weighted by Gasteiger charge is -2.42. The van der Waals surface area contributed by atoms with Crippen LogP contribution in [0.5, 0.6) is 0 Å². The molecule has 1 N–H and O–H groups in total. The van der Waals surface area contributed by atoms with Crippen molar-refractivity contribution < 1.29 is 18.3 Å². The molecule has 2 heterocycles. The van der Waals surface area contributed by atoms with Crippen LogP contribution in [0.3, 0.4) is 0 Å². The highest BCUT2D eigenvalue weighted by molar-refractivity contribution is 7.91. The SMILES string of the molecule is O=C(O)C1(N2CCCCCC2)CCS(=O)(=O)CC1. The van der Waals surface area contributed by atoms with Crippen LogP contribution in [0, 0.1) is 0 Å². The molecule has 0 atom stereocenters. The van der Waals surface area contributed by atoms with E-state index in [0.717, 1.165) is 38.8 Å². The van der Waals surface area contributed by atoms with E-state index >= 15 is 0 Å². The van der Waals surface area contributed by atoms with E-state index in [9.17, 15) is 18.3 Å². The van der Waals surface area contributed by atoms with Crippen LogP contribution in [0.2, 0.25) is 0 Å². The number of rotatable bonds is 2. The Morgan fingerprint density at radius 2 is 1.50 bits per heavy atom. The molecule has 5 nitrogen and oxygen atoms in total. The molecule has 0 aromatic heterocycles. The molecule has 6 heteroatoms. The van der Waals surface area contributed by atoms with Gasteiger partial charge in [-0.2, -0.15) is 0 Å². The molecule has 2 rings (SSSR count). The molecule has 0 aromatic carbocycles. The molecule has 0 aliphatic carbocycles. The van der Waals surface area contributed by atoms with Crippen molar-refractivity contribution >= 4 is 15.8 Å². The van der Waals surface area contributed by atoms with Gasteiger partial charge >= 0.3 is 5.97 Å². The second kappa shape index (κ2) is 5.17. The Morgan fingerprint density at radius 3 is 1.94 bits per heavy atom. The number of hydrogen-bond donors (Lipinski definition) is 1. The Hall–Kier alpha value is -0.620. The van der Waals surface area contributed by atoms with Crippen LogP contribution < -0.4 is 0 Å². The highest BCUT2D eigenvalue weighted by Crippen LogP contribution is 2.32. The number of carboxylic acid groups (broad SMARTS) is 1. The Bertz CT molecular complexity index is 396. The van der Waals surface area contributed by atoms with Crippen LogP contribution in [0.1, 0.15) is 38.5 Å². The van der Waals surface area contributed by atoms with Gasteiger partial charge in [-0.3, -0.25) is 9.69 Å². The van der Waals surface area contributed by atoms with Crippen LogP contribution in [0.4, 0.5) is 0 Å². The van der Waals surface area contributed by atoms with Crippen molar-refractivity contribution in [3.05, 3.63) is 0 Å². The first-order chi connectivity index (χ1) is 8.46. The summed E-state index contributed by atoms with van der Waals surface area (Å²) in [4.78, 5) is 13.7. The number of carboxylic acids is 1. The van der Waals surface area contributed by atoms with E-state index in [2.05, 4.69) is 0 Å². The van der Waals surface area contributed by atoms with Gasteiger partial charge in [0.05, 0.1) is 11.5 Å². The number of sulfone groups is 1. The molecule has 18 heavy (non-hydrogen) atoms. The fraction of sp³-hybridized carbons (Fsp3) is 0.917. The molecule has 2 fully saturated rings. The first-order valence-corrected chi connectivity index (χ1v) is 8.47. The highest BCUT2D eigenvalue weighted by Gasteiger charge is 2.47. The summed E-state index contributed by atoms with van der Waals surface area (Å²) < 4.78 is 23.0. The molecule has 104 valence electrons. The number of likely N-dealkylation sites (tertiary alicyclic amines) is 1. The van der Waals surface area contributed by atoms with Gasteiger partial charge in [0, 0.05) is 0 Å². The summed E-state index contributed by atoms with van der Waals surface area (Å²) in [5, 5.41) is 9.57. The molecule has 0 bridgehead atoms. The van der Waals surface area contributed by atoms with Gasteiger partial charge in [0.1, 0.15) is 15.4 Å². The molecule has 0 amide bonds. The van der Waals surface area contributed by atoms with Gasteiger partial charge in [0.15, 0.2) is 0 Å². The van der Waals surface area contributed by atoms with E-state index in [4.69, 9.17) is 0 Å². The predicted molar refractivity (Wildman–Crippen MR) is 68.3 cm³/mol. The minimum Gasteiger partial charge on any atom is -0.480 e. The third-order valence-corrected chi connectivity index (χ3v) is 5.92. The zero-order valence-electron chi connectivity index (χ0n) is 10.6. The van der Waals surface area contributed by atoms with Crippen LogP contribution in [0.25, 0.3) is 0 Å². The highest BCUT2D eigenvalue weighted by atomic mass is 32.2. The number of hydrogen-bond acceptors (Lipinski definition) is 4. The van der Waals surface area contributed by atoms with Crippen molar-refractivity contribution in [1.82, 2.24) is 4.90 Å². The molecular formula is C12H21NO4S. The maximum atomic E-state index is 11.7. The molecule has 2 aliphatic heterocycles. The fourth-order valence-corrected chi connectivity index (χ4v) is 4.54. The van der Waals surface area contributed by atoms with Crippen LogP contribution in [-0.2, 0) is 14.6 Å². The fourth-order valence-electron chi connectivity index (χ4n) is 3.04. The molecule has 0 unspecified atom stereocenters. The summed E-state index contributed by atoms with van der Waals surface area (Å²) in [7, 11) is -3.03. The zero-order valence-corrected chi connectivity index (χ0v) is 11.4. The van der Waals surface area contributed by atoms with Crippen molar-refractivity contribution in [3.63, 3.8) is 0 Å². The van der Waals surface area contributed by atoms with Crippen molar-refractivity contribution in [2.75, 3.05) is 24.6 Å². The van der Waals surface area contributed by atoms with Gasteiger partial charge in [-0.05, 0) is 38.8 Å². The summed E-state index contributed by atoms with van der Waals surface area (Å²) in [6.07, 6.45) is 4.80. The van der Waals surface area contributed by atoms with Gasteiger partial charge in [0.25, 0.3) is 0 Å². The Labute approximate surface area is 108 Å². The van der Waals surface area contributed by atoms with E-state index in [-0.39, 0.29) is 24.3 Å². The summed E-state index contributed by atoms with van der Waals surface area (Å²) in [5.74, 6) is -0.828. The number of nitrogens with zero attached hydrogens (tertiary/aromatic N) is 1. The molecule has 2 saturated heterocycles. The minimum absolute atomic E-state index is 0.00972. The summed E-state index contributed by atoms with van der Waals surface area (Å²) in [6, 6.07) is 0. The van der Waals surface area contributed by atoms with Crippen molar-refractivity contribution in [2.24, 2.45) is 0 Å². The number of aliphatic carboxylic acids is 1. The third kappa shape index (κ3) is 2.69. The van der Waals surface area contributed by atoms with E-state index in [1.165, 1.54) is 0 Å². The minimum atomic E-state index is -3.03. The second-order valence-electron chi connectivity index (χ2n) is 5.39. The van der Waals surface area contributed by atoms with E-state index < -0.39 is 21.3 Å². The molecule has 0 spiro atoms. The van der Waals surface area contributed by atoms with Gasteiger partial charge in [-0.15, -0.1) is 0 Å². The average molecular weight is 275 g/mol. The van der Waals surface area contributed by atoms with Gasteiger partial charge in [0.2, 0.25) is 0 Å². The van der Waals surface area contributed by atoms with Gasteiger partial charge in [-0.25, -0.2) is 8.42 Å². The average Bonchev–Trinajstić information content (AvgIpc) is 2.58. The smallest absolute Gasteiger partial charge is 0.324 e. The topological polar surface area (TPSA) is 74.7 Å². The first-order valence-electron chi connectivity index (χ1n) is 6.65. The molecule has 0 radical (unpaired) electrons. The largest absolute Gasteiger partial charge is 0.480 e. The normalized spacial score (nSPS) is 28.4. The Kier molecular flexibility index (Phi) is 3.96. The van der Waals surface area contributed by atoms with Crippen LogP contribution in [-0.4, -0.2) is 54.5 Å². The second-order valence-corrected chi connectivity index (χ2v) is 7.69. The van der Waals surface area contributed by atoms with Crippen LogP contribution >= 0.6 is 0 Å². The van der Waals surface area contributed by atoms with Gasteiger partial charge in [-0.1, -0.05) is 12.8 Å². The van der Waals surface area contributed by atoms with Crippen molar-refractivity contribution in [2.45, 2.75) is 44.1 Å². The summed E-state index contributed by atoms with van der Waals surface area (Å²) in [5.41, 5.74) is -0.935. The zero-order chi connectivity index (χ0) is 13.2. The maximum absolute atomic E-state index is 11.7. The quantitative estimate of drug-likeness (QED) is 0.810. The van der Waals surface area contributed by atoms with Crippen molar-refractivity contribution in [1.29, 1.82) is 0 Å². The molecule has 0 aromatic rings. The van der Waals surface area contributed by atoms with Crippen LogP contribution in [0.15, 0.2) is 0 Å². The summed E-state index contributed by atoms with van der Waals surface area (Å²) in [6.45, 7) is 1.57. The lowest BCUT2D eigenvalue weighted by atomic mass is 9.89. The van der Waals surface area contributed by atoms with E-state index in [1.54, 1.807) is 0 Å². The summed E-state index contributed by atoms with van der Waals surface area (Å²) >= 11 is 0. The van der Waals surface area contributed by atoms with Gasteiger partial charge < -0.3 is 5.11 Å². The third-order valence-electron chi connectivity index (χ3n) is 4.26. The number of carbonyl (C=O) groups is 1. The molecule has 2 aliphatic rings.